The van der Waals surface area contributed by atoms with E-state index in [2.05, 4.69) is 6.92 Å². The lowest BCUT2D eigenvalue weighted by Gasteiger charge is -2.07. The largest absolute Gasteiger partial charge is 0.490 e. The van der Waals surface area contributed by atoms with E-state index in [0.717, 1.165) is 19.1 Å². The molecule has 0 bridgehead atoms. The van der Waals surface area contributed by atoms with Gasteiger partial charge in [-0.25, -0.2) is 0 Å². The number of esters is 1. The van der Waals surface area contributed by atoms with Crippen molar-refractivity contribution in [2.75, 3.05) is 13.2 Å². The Kier molecular flexibility index (Phi) is 17.6. The van der Waals surface area contributed by atoms with Gasteiger partial charge in [0.2, 0.25) is 0 Å². The first-order valence-electron chi connectivity index (χ1n) is 12.6. The van der Waals surface area contributed by atoms with E-state index in [1.807, 2.05) is 0 Å². The summed E-state index contributed by atoms with van der Waals surface area (Å²) < 4.78 is 10.7. The van der Waals surface area contributed by atoms with E-state index < -0.39 is 0 Å². The molecule has 1 aromatic carbocycles. The molecule has 0 aliphatic carbocycles. The number of benzene rings is 1. The van der Waals surface area contributed by atoms with Crippen molar-refractivity contribution in [1.82, 2.24) is 0 Å². The Hall–Kier alpha value is -1.84. The highest BCUT2D eigenvalue weighted by Gasteiger charge is 2.03. The Balaban J connectivity index is 1.80. The van der Waals surface area contributed by atoms with E-state index >= 15 is 0 Å². The van der Waals surface area contributed by atoms with Gasteiger partial charge < -0.3 is 9.47 Å². The Morgan fingerprint density at radius 2 is 1.19 bits per heavy atom. The van der Waals surface area contributed by atoms with Gasteiger partial charge in [-0.1, -0.05) is 96.8 Å². The lowest BCUT2D eigenvalue weighted by Crippen LogP contribution is -2.12. The third-order valence-electron chi connectivity index (χ3n) is 5.62. The first kappa shape index (κ1) is 27.2. The van der Waals surface area contributed by atoms with Crippen LogP contribution in [0.15, 0.2) is 24.3 Å². The number of rotatable bonds is 21. The van der Waals surface area contributed by atoms with Crippen LogP contribution in [-0.4, -0.2) is 25.5 Å². The lowest BCUT2D eigenvalue weighted by atomic mass is 10.0. The molecule has 0 heterocycles. The van der Waals surface area contributed by atoms with E-state index in [0.29, 0.717) is 24.3 Å². The molecular weight excluding hydrogens is 388 g/mol. The van der Waals surface area contributed by atoms with Gasteiger partial charge in [-0.05, 0) is 30.7 Å². The van der Waals surface area contributed by atoms with Crippen molar-refractivity contribution >= 4 is 12.3 Å². The van der Waals surface area contributed by atoms with Crippen molar-refractivity contribution in [3.63, 3.8) is 0 Å². The maximum absolute atomic E-state index is 11.8. The summed E-state index contributed by atoms with van der Waals surface area (Å²) in [4.78, 5) is 22.4. The minimum atomic E-state index is -0.144. The van der Waals surface area contributed by atoms with Crippen LogP contribution in [0.2, 0.25) is 0 Å². The summed E-state index contributed by atoms with van der Waals surface area (Å²) in [5.74, 6) is 0.527. The number of ether oxygens (including phenoxy) is 2. The highest BCUT2D eigenvalue weighted by molar-refractivity contribution is 5.74. The van der Waals surface area contributed by atoms with Crippen molar-refractivity contribution in [2.24, 2.45) is 0 Å². The number of aldehydes is 1. The maximum atomic E-state index is 11.8. The Labute approximate surface area is 190 Å². The third kappa shape index (κ3) is 16.5. The molecule has 0 spiro atoms. The Morgan fingerprint density at radius 1 is 0.710 bits per heavy atom. The fourth-order valence-electron chi connectivity index (χ4n) is 3.67. The monoisotopic (exact) mass is 432 g/mol. The molecule has 0 fully saturated rings. The molecule has 31 heavy (non-hydrogen) atoms. The predicted molar refractivity (Wildman–Crippen MR) is 128 cm³/mol. The zero-order valence-electron chi connectivity index (χ0n) is 19.7. The average Bonchev–Trinajstić information content (AvgIpc) is 2.79. The van der Waals surface area contributed by atoms with E-state index in [-0.39, 0.29) is 12.6 Å². The Bertz CT molecular complexity index is 553. The second-order valence-corrected chi connectivity index (χ2v) is 8.46. The molecular formula is C27H44O4. The minimum absolute atomic E-state index is 0.144. The second-order valence-electron chi connectivity index (χ2n) is 8.46. The van der Waals surface area contributed by atoms with Gasteiger partial charge in [0, 0.05) is 12.0 Å². The number of hydrogen-bond donors (Lipinski definition) is 0. The van der Waals surface area contributed by atoms with Crippen molar-refractivity contribution in [1.29, 1.82) is 0 Å². The summed E-state index contributed by atoms with van der Waals surface area (Å²) in [5.41, 5.74) is 0.613. The zero-order chi connectivity index (χ0) is 22.4. The number of hydrogen-bond acceptors (Lipinski definition) is 4. The van der Waals surface area contributed by atoms with E-state index in [4.69, 9.17) is 9.47 Å². The molecule has 0 atom stereocenters. The summed E-state index contributed by atoms with van der Waals surface area (Å²) in [6.45, 7) is 2.85. The molecule has 4 nitrogen and oxygen atoms in total. The molecule has 0 amide bonds. The average molecular weight is 433 g/mol. The van der Waals surface area contributed by atoms with Gasteiger partial charge in [0.05, 0.1) is 0 Å². The van der Waals surface area contributed by atoms with E-state index in [1.165, 1.54) is 83.5 Å². The predicted octanol–water partition coefficient (Wildman–Crippen LogP) is 7.68. The van der Waals surface area contributed by atoms with Gasteiger partial charge in [-0.2, -0.15) is 0 Å². The first-order chi connectivity index (χ1) is 15.3. The van der Waals surface area contributed by atoms with Crippen LogP contribution in [0.1, 0.15) is 120 Å². The standard InChI is InChI=1S/C27H44O4/c1-2-3-4-5-6-7-8-9-10-11-12-13-14-15-16-17-27(29)31-23-22-30-26-20-18-25(24-28)19-21-26/h18-21,24H,2-17,22-23H2,1H3. The molecule has 0 N–H and O–H groups in total. The fraction of sp³-hybridized carbons (Fsp3) is 0.704. The van der Waals surface area contributed by atoms with Crippen LogP contribution in [0.25, 0.3) is 0 Å². The van der Waals surface area contributed by atoms with Gasteiger partial charge in [0.1, 0.15) is 25.2 Å². The van der Waals surface area contributed by atoms with Gasteiger partial charge in [-0.15, -0.1) is 0 Å². The van der Waals surface area contributed by atoms with Crippen molar-refractivity contribution in [3.05, 3.63) is 29.8 Å². The van der Waals surface area contributed by atoms with Crippen molar-refractivity contribution in [3.8, 4) is 5.75 Å². The molecule has 176 valence electrons. The summed E-state index contributed by atoms with van der Waals surface area (Å²) in [6.07, 6.45) is 21.1. The van der Waals surface area contributed by atoms with Crippen molar-refractivity contribution in [2.45, 2.75) is 110 Å². The third-order valence-corrected chi connectivity index (χ3v) is 5.62. The summed E-state index contributed by atoms with van der Waals surface area (Å²) in [6, 6.07) is 6.87. The number of carbonyl (C=O) groups is 2. The normalized spacial score (nSPS) is 10.7. The molecule has 1 rings (SSSR count). The molecule has 0 radical (unpaired) electrons. The van der Waals surface area contributed by atoms with E-state index in [1.54, 1.807) is 24.3 Å². The van der Waals surface area contributed by atoms with Gasteiger partial charge >= 0.3 is 5.97 Å². The first-order valence-corrected chi connectivity index (χ1v) is 12.6. The van der Waals surface area contributed by atoms with Gasteiger partial charge in [0.15, 0.2) is 0 Å². The van der Waals surface area contributed by atoms with Crippen molar-refractivity contribution < 1.29 is 19.1 Å². The quantitative estimate of drug-likeness (QED) is 0.113. The SMILES string of the molecule is CCCCCCCCCCCCCCCCCC(=O)OCCOc1ccc(C=O)cc1. The zero-order valence-corrected chi connectivity index (χ0v) is 19.7. The lowest BCUT2D eigenvalue weighted by molar-refractivity contribution is -0.144. The smallest absolute Gasteiger partial charge is 0.305 e. The van der Waals surface area contributed by atoms with Crippen LogP contribution in [-0.2, 0) is 9.53 Å². The summed E-state index contributed by atoms with van der Waals surface area (Å²) >= 11 is 0. The number of unbranched alkanes of at least 4 members (excludes halogenated alkanes) is 14. The molecule has 0 saturated carbocycles. The molecule has 0 aromatic heterocycles. The maximum Gasteiger partial charge on any atom is 0.305 e. The minimum Gasteiger partial charge on any atom is -0.490 e. The van der Waals surface area contributed by atoms with Gasteiger partial charge in [0.25, 0.3) is 0 Å². The topological polar surface area (TPSA) is 52.6 Å². The Morgan fingerprint density at radius 3 is 1.68 bits per heavy atom. The van der Waals surface area contributed by atoms with Crippen LogP contribution >= 0.6 is 0 Å². The van der Waals surface area contributed by atoms with Crippen LogP contribution in [0, 0.1) is 0 Å². The summed E-state index contributed by atoms with van der Waals surface area (Å²) in [5, 5.41) is 0. The fourth-order valence-corrected chi connectivity index (χ4v) is 3.67. The number of carbonyl (C=O) groups excluding carboxylic acids is 2. The van der Waals surface area contributed by atoms with Crippen LogP contribution in [0.3, 0.4) is 0 Å². The van der Waals surface area contributed by atoms with Crippen LogP contribution < -0.4 is 4.74 Å². The van der Waals surface area contributed by atoms with Gasteiger partial charge in [-0.3, -0.25) is 9.59 Å². The van der Waals surface area contributed by atoms with E-state index in [9.17, 15) is 9.59 Å². The highest BCUT2D eigenvalue weighted by Crippen LogP contribution is 2.14. The van der Waals surface area contributed by atoms with Crippen LogP contribution in [0.5, 0.6) is 5.75 Å². The second kappa shape index (κ2) is 20.1. The van der Waals surface area contributed by atoms with Crippen LogP contribution in [0.4, 0.5) is 0 Å². The molecule has 0 aliphatic rings. The molecule has 0 unspecified atom stereocenters. The summed E-state index contributed by atoms with van der Waals surface area (Å²) in [7, 11) is 0. The molecule has 1 aromatic rings. The molecule has 0 aliphatic heterocycles. The molecule has 0 saturated heterocycles. The highest BCUT2D eigenvalue weighted by atomic mass is 16.6. The molecule has 4 heteroatoms.